The van der Waals surface area contributed by atoms with E-state index in [-0.39, 0.29) is 0 Å². The van der Waals surface area contributed by atoms with Crippen LogP contribution >= 0.6 is 0 Å². The molecule has 18 heavy (non-hydrogen) atoms. The van der Waals surface area contributed by atoms with E-state index in [1.807, 2.05) is 32.9 Å². The van der Waals surface area contributed by atoms with Gasteiger partial charge in [-0.3, -0.25) is 0 Å². The third-order valence-corrected chi connectivity index (χ3v) is 2.75. The Kier molecular flexibility index (Phi) is 3.16. The van der Waals surface area contributed by atoms with Gasteiger partial charge in [-0.2, -0.15) is 0 Å². The van der Waals surface area contributed by atoms with Crippen LogP contribution < -0.4 is 11.3 Å². The Balaban J connectivity index is 2.58. The number of aromatic nitrogens is 2. The number of nitrogens with one attached hydrogen (secondary N) is 1. The second kappa shape index (κ2) is 4.62. The van der Waals surface area contributed by atoms with Crippen LogP contribution in [0.15, 0.2) is 18.2 Å². The summed E-state index contributed by atoms with van der Waals surface area (Å²) >= 11 is 0. The highest BCUT2D eigenvalue weighted by Gasteiger charge is 2.09. The maximum atomic E-state index is 9.76. The van der Waals surface area contributed by atoms with Crippen molar-refractivity contribution in [3.63, 3.8) is 0 Å². The van der Waals surface area contributed by atoms with Gasteiger partial charge in [-0.05, 0) is 44.0 Å². The Hall–Kier alpha value is -2.14. The zero-order valence-corrected chi connectivity index (χ0v) is 10.7. The van der Waals surface area contributed by atoms with Crippen LogP contribution in [0.3, 0.4) is 0 Å². The van der Waals surface area contributed by atoms with Crippen molar-refractivity contribution in [2.75, 3.05) is 5.43 Å². The maximum Gasteiger partial charge on any atom is 0.161 e. The minimum absolute atomic E-state index is 0.309. The molecule has 0 aliphatic heterocycles. The van der Waals surface area contributed by atoms with E-state index in [1.165, 1.54) is 0 Å². The number of anilines is 1. The second-order valence-electron chi connectivity index (χ2n) is 4.32. The highest BCUT2D eigenvalue weighted by atomic mass is 16.3. The lowest BCUT2D eigenvalue weighted by molar-refractivity contribution is 0.467. The van der Waals surface area contributed by atoms with Crippen LogP contribution in [0.4, 0.5) is 5.82 Å². The number of rotatable bonds is 2. The van der Waals surface area contributed by atoms with E-state index >= 15 is 0 Å². The molecule has 0 bridgehead atoms. The lowest BCUT2D eigenvalue weighted by Gasteiger charge is -2.09. The third kappa shape index (κ3) is 2.26. The van der Waals surface area contributed by atoms with Gasteiger partial charge in [0.15, 0.2) is 5.82 Å². The van der Waals surface area contributed by atoms with E-state index in [2.05, 4.69) is 15.4 Å². The smallest absolute Gasteiger partial charge is 0.161 e. The van der Waals surface area contributed by atoms with Crippen LogP contribution in [0.25, 0.3) is 11.4 Å². The normalized spacial score (nSPS) is 10.4. The molecule has 94 valence electrons. The van der Waals surface area contributed by atoms with E-state index in [0.29, 0.717) is 17.4 Å². The van der Waals surface area contributed by atoms with E-state index < -0.39 is 0 Å². The number of aryl methyl sites for hydroxylation is 3. The molecule has 1 heterocycles. The minimum atomic E-state index is 0.309. The first-order valence-electron chi connectivity index (χ1n) is 5.64. The van der Waals surface area contributed by atoms with E-state index in [0.717, 1.165) is 22.4 Å². The summed E-state index contributed by atoms with van der Waals surface area (Å²) in [6.07, 6.45) is 0. The highest BCUT2D eigenvalue weighted by molar-refractivity contribution is 5.62. The summed E-state index contributed by atoms with van der Waals surface area (Å²) < 4.78 is 0. The summed E-state index contributed by atoms with van der Waals surface area (Å²) in [5, 5.41) is 9.76. The van der Waals surface area contributed by atoms with Gasteiger partial charge in [0.2, 0.25) is 0 Å². The molecule has 0 saturated heterocycles. The van der Waals surface area contributed by atoms with Crippen LogP contribution in [0, 0.1) is 20.8 Å². The average Bonchev–Trinajstić information content (AvgIpc) is 2.34. The van der Waals surface area contributed by atoms with E-state index in [4.69, 9.17) is 5.84 Å². The molecule has 2 aromatic rings. The number of hydrazine groups is 1. The van der Waals surface area contributed by atoms with Gasteiger partial charge in [0.25, 0.3) is 0 Å². The molecule has 0 fully saturated rings. The molecule has 4 N–H and O–H groups in total. The number of aromatic hydroxyl groups is 1. The highest BCUT2D eigenvalue weighted by Crippen LogP contribution is 2.27. The van der Waals surface area contributed by atoms with E-state index in [9.17, 15) is 5.11 Å². The standard InChI is InChI=1S/C13H16N4O/c1-7-4-10(5-8(2)12(7)18)13-15-9(3)6-11(16-13)17-14/h4-6,18H,14H2,1-3H3,(H,15,16,17). The third-order valence-electron chi connectivity index (χ3n) is 2.75. The van der Waals surface area contributed by atoms with Crippen LogP contribution in [-0.2, 0) is 0 Å². The number of nitrogens with zero attached hydrogens (tertiary/aromatic N) is 2. The van der Waals surface area contributed by atoms with Crippen molar-refractivity contribution in [1.29, 1.82) is 0 Å². The van der Waals surface area contributed by atoms with Crippen molar-refractivity contribution >= 4 is 5.82 Å². The van der Waals surface area contributed by atoms with Gasteiger partial charge in [-0.1, -0.05) is 0 Å². The molecule has 0 amide bonds. The fourth-order valence-electron chi connectivity index (χ4n) is 1.86. The fraction of sp³-hybridized carbons (Fsp3) is 0.231. The molecule has 5 heteroatoms. The zero-order valence-electron chi connectivity index (χ0n) is 10.7. The molecule has 0 saturated carbocycles. The first-order valence-corrected chi connectivity index (χ1v) is 5.64. The lowest BCUT2D eigenvalue weighted by atomic mass is 10.1. The lowest BCUT2D eigenvalue weighted by Crippen LogP contribution is -2.10. The minimum Gasteiger partial charge on any atom is -0.507 e. The summed E-state index contributed by atoms with van der Waals surface area (Å²) in [5.41, 5.74) is 5.82. The van der Waals surface area contributed by atoms with Gasteiger partial charge in [-0.15, -0.1) is 0 Å². The molecule has 0 aliphatic carbocycles. The van der Waals surface area contributed by atoms with Gasteiger partial charge >= 0.3 is 0 Å². The largest absolute Gasteiger partial charge is 0.507 e. The predicted octanol–water partition coefficient (Wildman–Crippen LogP) is 2.06. The van der Waals surface area contributed by atoms with Crippen molar-refractivity contribution in [1.82, 2.24) is 9.97 Å². The van der Waals surface area contributed by atoms with Crippen LogP contribution in [0.2, 0.25) is 0 Å². The molecule has 0 spiro atoms. The molecule has 0 unspecified atom stereocenters. The Bertz CT molecular complexity index is 573. The Morgan fingerprint density at radius 3 is 2.22 bits per heavy atom. The molecule has 1 aromatic heterocycles. The topological polar surface area (TPSA) is 84.1 Å². The monoisotopic (exact) mass is 244 g/mol. The molecular formula is C13H16N4O. The zero-order chi connectivity index (χ0) is 13.3. The molecule has 0 atom stereocenters. The number of nitrogens with two attached hydrogens (primary N) is 1. The SMILES string of the molecule is Cc1cc(NN)nc(-c2cc(C)c(O)c(C)c2)n1. The number of hydrogen-bond acceptors (Lipinski definition) is 5. The van der Waals surface area contributed by atoms with Crippen LogP contribution in [-0.4, -0.2) is 15.1 Å². The summed E-state index contributed by atoms with van der Waals surface area (Å²) in [6, 6.07) is 5.48. The van der Waals surface area contributed by atoms with Crippen molar-refractivity contribution in [2.24, 2.45) is 5.84 Å². The first kappa shape index (κ1) is 12.3. The Labute approximate surface area is 106 Å². The summed E-state index contributed by atoms with van der Waals surface area (Å²) in [5.74, 6) is 6.84. The number of nitrogen functional groups attached to an aromatic ring is 1. The van der Waals surface area contributed by atoms with Gasteiger partial charge in [0.05, 0.1) is 0 Å². The molecular weight excluding hydrogens is 228 g/mol. The fourth-order valence-corrected chi connectivity index (χ4v) is 1.86. The van der Waals surface area contributed by atoms with Crippen molar-refractivity contribution < 1.29 is 5.11 Å². The quantitative estimate of drug-likeness (QED) is 0.556. The molecule has 2 rings (SSSR count). The van der Waals surface area contributed by atoms with Crippen molar-refractivity contribution in [3.05, 3.63) is 35.0 Å². The van der Waals surface area contributed by atoms with Gasteiger partial charge in [-0.25, -0.2) is 15.8 Å². The second-order valence-corrected chi connectivity index (χ2v) is 4.32. The van der Waals surface area contributed by atoms with Crippen molar-refractivity contribution in [3.8, 4) is 17.1 Å². The summed E-state index contributed by atoms with van der Waals surface area (Å²) in [6.45, 7) is 5.58. The van der Waals surface area contributed by atoms with Crippen molar-refractivity contribution in [2.45, 2.75) is 20.8 Å². The number of hydrogen-bond donors (Lipinski definition) is 3. The maximum absolute atomic E-state index is 9.76. The summed E-state index contributed by atoms with van der Waals surface area (Å²) in [4.78, 5) is 8.68. The number of benzene rings is 1. The van der Waals surface area contributed by atoms with Gasteiger partial charge in [0.1, 0.15) is 11.6 Å². The first-order chi connectivity index (χ1) is 8.51. The Morgan fingerprint density at radius 2 is 1.67 bits per heavy atom. The van der Waals surface area contributed by atoms with Gasteiger partial charge < -0.3 is 10.5 Å². The Morgan fingerprint density at radius 1 is 1.06 bits per heavy atom. The van der Waals surface area contributed by atoms with Crippen LogP contribution in [0.5, 0.6) is 5.75 Å². The predicted molar refractivity (Wildman–Crippen MR) is 71.2 cm³/mol. The molecule has 0 aliphatic rings. The van der Waals surface area contributed by atoms with Gasteiger partial charge in [0, 0.05) is 17.3 Å². The average molecular weight is 244 g/mol. The van der Waals surface area contributed by atoms with E-state index in [1.54, 1.807) is 6.07 Å². The van der Waals surface area contributed by atoms with Crippen LogP contribution in [0.1, 0.15) is 16.8 Å². The number of phenolic OH excluding ortho intramolecular Hbond substituents is 1. The molecule has 5 nitrogen and oxygen atoms in total. The molecule has 0 radical (unpaired) electrons. The summed E-state index contributed by atoms with van der Waals surface area (Å²) in [7, 11) is 0. The number of phenols is 1. The molecule has 1 aromatic carbocycles.